The fourth-order valence-corrected chi connectivity index (χ4v) is 4.46. The summed E-state index contributed by atoms with van der Waals surface area (Å²) in [5, 5.41) is 21.3. The molecular formula is C16H20O4. The Labute approximate surface area is 118 Å². The van der Waals surface area contributed by atoms with Crippen LogP contribution in [0.25, 0.3) is 0 Å². The Kier molecular flexibility index (Phi) is 2.39. The highest BCUT2D eigenvalue weighted by atomic mass is 16.3. The van der Waals surface area contributed by atoms with Gasteiger partial charge in [0, 0.05) is 17.8 Å². The maximum absolute atomic E-state index is 12.6. The molecule has 4 aliphatic carbocycles. The van der Waals surface area contributed by atoms with Gasteiger partial charge in [-0.2, -0.15) is 0 Å². The van der Waals surface area contributed by atoms with Crippen LogP contribution in [-0.4, -0.2) is 33.0 Å². The molecule has 0 unspecified atom stereocenters. The molecule has 4 nitrogen and oxygen atoms in total. The summed E-state index contributed by atoms with van der Waals surface area (Å²) in [6.45, 7) is 6.44. The Balaban J connectivity index is 2.27. The lowest BCUT2D eigenvalue weighted by Gasteiger charge is -2.59. The van der Waals surface area contributed by atoms with Crippen LogP contribution in [0, 0.1) is 23.2 Å². The summed E-state index contributed by atoms with van der Waals surface area (Å²) in [6, 6.07) is 0. The first-order chi connectivity index (χ1) is 9.04. The molecule has 6 atom stereocenters. The van der Waals surface area contributed by atoms with Crippen LogP contribution >= 0.6 is 0 Å². The molecule has 0 aromatic carbocycles. The molecule has 2 N–H and O–H groups in total. The number of ketones is 2. The van der Waals surface area contributed by atoms with Crippen molar-refractivity contribution in [1.29, 1.82) is 0 Å². The van der Waals surface area contributed by atoms with E-state index in [2.05, 4.69) is 0 Å². The van der Waals surface area contributed by atoms with E-state index in [-0.39, 0.29) is 17.5 Å². The summed E-state index contributed by atoms with van der Waals surface area (Å²) in [7, 11) is 0. The van der Waals surface area contributed by atoms with Crippen LogP contribution in [0.5, 0.6) is 0 Å². The van der Waals surface area contributed by atoms with E-state index in [0.717, 1.165) is 0 Å². The molecule has 0 radical (unpaired) electrons. The van der Waals surface area contributed by atoms with E-state index < -0.39 is 28.5 Å². The Bertz CT molecular complexity index is 581. The third-order valence-corrected chi connectivity index (χ3v) is 5.61. The van der Waals surface area contributed by atoms with E-state index in [4.69, 9.17) is 0 Å². The molecule has 0 spiro atoms. The van der Waals surface area contributed by atoms with Gasteiger partial charge in [0.05, 0.1) is 5.41 Å². The van der Waals surface area contributed by atoms with Gasteiger partial charge in [0.2, 0.25) is 0 Å². The van der Waals surface area contributed by atoms with Gasteiger partial charge in [-0.15, -0.1) is 0 Å². The van der Waals surface area contributed by atoms with Crippen molar-refractivity contribution in [2.45, 2.75) is 38.9 Å². The average Bonchev–Trinajstić information content (AvgIpc) is 2.35. The number of carbonyl (C=O) groups excluding carboxylic acids is 2. The molecule has 4 heteroatoms. The zero-order valence-corrected chi connectivity index (χ0v) is 12.2. The van der Waals surface area contributed by atoms with Gasteiger partial charge >= 0.3 is 0 Å². The predicted molar refractivity (Wildman–Crippen MR) is 72.7 cm³/mol. The minimum Gasteiger partial charge on any atom is -0.382 e. The predicted octanol–water partition coefficient (Wildman–Crippen LogP) is 1.02. The lowest BCUT2D eigenvalue weighted by atomic mass is 9.44. The highest BCUT2D eigenvalue weighted by Crippen LogP contribution is 2.59. The van der Waals surface area contributed by atoms with Crippen LogP contribution in [0.2, 0.25) is 0 Å². The summed E-state index contributed by atoms with van der Waals surface area (Å²) in [5.41, 5.74) is -3.46. The summed E-state index contributed by atoms with van der Waals surface area (Å²) in [6.07, 6.45) is 5.42. The van der Waals surface area contributed by atoms with E-state index in [1.54, 1.807) is 26.0 Å². The van der Waals surface area contributed by atoms with Crippen LogP contribution in [0.4, 0.5) is 0 Å². The fraction of sp³-hybridized carbons (Fsp3) is 0.625. The van der Waals surface area contributed by atoms with Gasteiger partial charge in [0.15, 0.2) is 11.6 Å². The number of aliphatic hydroxyl groups is 2. The number of allylic oxidation sites excluding steroid dienone is 2. The van der Waals surface area contributed by atoms with Gasteiger partial charge in [0.1, 0.15) is 11.2 Å². The molecule has 0 aromatic rings. The van der Waals surface area contributed by atoms with Crippen molar-refractivity contribution in [3.05, 3.63) is 23.8 Å². The third kappa shape index (κ3) is 1.29. The highest BCUT2D eigenvalue weighted by molar-refractivity contribution is 6.04. The number of fused-ring (bicyclic) bond motifs is 1. The normalized spacial score (nSPS) is 53.9. The molecule has 4 rings (SSSR count). The first kappa shape index (κ1) is 13.7. The lowest BCUT2D eigenvalue weighted by Crippen LogP contribution is -2.69. The summed E-state index contributed by atoms with van der Waals surface area (Å²) >= 11 is 0. The Morgan fingerprint density at radius 3 is 2.25 bits per heavy atom. The van der Waals surface area contributed by atoms with Crippen LogP contribution < -0.4 is 0 Å². The quantitative estimate of drug-likeness (QED) is 0.648. The van der Waals surface area contributed by atoms with Crippen LogP contribution in [0.15, 0.2) is 23.8 Å². The average molecular weight is 276 g/mol. The molecule has 1 saturated carbocycles. The van der Waals surface area contributed by atoms with Gasteiger partial charge in [-0.05, 0) is 33.3 Å². The maximum Gasteiger partial charge on any atom is 0.189 e. The fourth-order valence-electron chi connectivity index (χ4n) is 4.46. The van der Waals surface area contributed by atoms with Crippen LogP contribution in [-0.2, 0) is 9.59 Å². The maximum atomic E-state index is 12.6. The second-order valence-corrected chi connectivity index (χ2v) is 7.02. The number of Topliss-reactive ketones (excluding diaryl/α,β-unsaturated/α-hetero) is 2. The van der Waals surface area contributed by atoms with E-state index in [0.29, 0.717) is 5.57 Å². The number of carbonyl (C=O) groups is 2. The van der Waals surface area contributed by atoms with Crippen molar-refractivity contribution in [3.63, 3.8) is 0 Å². The second kappa shape index (κ2) is 3.49. The molecule has 2 bridgehead atoms. The van der Waals surface area contributed by atoms with Crippen molar-refractivity contribution in [2.75, 3.05) is 0 Å². The zero-order chi connectivity index (χ0) is 15.1. The molecule has 4 aliphatic rings. The minimum absolute atomic E-state index is 0.229. The minimum atomic E-state index is -1.55. The lowest BCUT2D eigenvalue weighted by molar-refractivity contribution is -0.185. The summed E-state index contributed by atoms with van der Waals surface area (Å²) < 4.78 is 0. The number of hydrogen-bond donors (Lipinski definition) is 2. The SMILES string of the molecule is CC1=C[C@H]2[C@H]([C@@H]3C=C[C@]2(C)C(=O)[C@@]3(C)O)[C@@](C)(O)C1=O. The van der Waals surface area contributed by atoms with Crippen LogP contribution in [0.1, 0.15) is 27.7 Å². The zero-order valence-electron chi connectivity index (χ0n) is 12.2. The molecule has 0 saturated heterocycles. The Morgan fingerprint density at radius 1 is 1.05 bits per heavy atom. The topological polar surface area (TPSA) is 74.6 Å². The summed E-state index contributed by atoms with van der Waals surface area (Å²) in [4.78, 5) is 24.9. The van der Waals surface area contributed by atoms with E-state index in [9.17, 15) is 19.8 Å². The molecule has 20 heavy (non-hydrogen) atoms. The standard InChI is InChI=1S/C16H20O4/c1-8-7-10-11(16(4,20)12(8)17)9-5-6-14(10,2)13(18)15(9,3)19/h5-7,9-11,19-20H,1-4H3/t9-,10-,11-,14-,15-,16+/m0/s1. The smallest absolute Gasteiger partial charge is 0.189 e. The molecule has 0 aromatic heterocycles. The van der Waals surface area contributed by atoms with Crippen molar-refractivity contribution in [2.24, 2.45) is 23.2 Å². The van der Waals surface area contributed by atoms with Gasteiger partial charge < -0.3 is 10.2 Å². The highest BCUT2D eigenvalue weighted by Gasteiger charge is 2.67. The van der Waals surface area contributed by atoms with Crippen molar-refractivity contribution >= 4 is 11.6 Å². The van der Waals surface area contributed by atoms with Gasteiger partial charge in [0.25, 0.3) is 0 Å². The molecule has 1 fully saturated rings. The van der Waals surface area contributed by atoms with Crippen LogP contribution in [0.3, 0.4) is 0 Å². The van der Waals surface area contributed by atoms with Crippen molar-refractivity contribution < 1.29 is 19.8 Å². The molecular weight excluding hydrogens is 256 g/mol. The van der Waals surface area contributed by atoms with Crippen molar-refractivity contribution in [3.8, 4) is 0 Å². The number of hydrogen-bond acceptors (Lipinski definition) is 4. The van der Waals surface area contributed by atoms with Gasteiger partial charge in [-0.3, -0.25) is 9.59 Å². The monoisotopic (exact) mass is 276 g/mol. The largest absolute Gasteiger partial charge is 0.382 e. The third-order valence-electron chi connectivity index (χ3n) is 5.61. The van der Waals surface area contributed by atoms with Gasteiger partial charge in [-0.25, -0.2) is 0 Å². The summed E-state index contributed by atoms with van der Waals surface area (Å²) in [5.74, 6) is -1.80. The molecule has 0 heterocycles. The van der Waals surface area contributed by atoms with Gasteiger partial charge in [-0.1, -0.05) is 18.2 Å². The second-order valence-electron chi connectivity index (χ2n) is 7.02. The first-order valence-corrected chi connectivity index (χ1v) is 6.97. The van der Waals surface area contributed by atoms with E-state index in [1.807, 2.05) is 6.08 Å². The Morgan fingerprint density at radius 2 is 1.65 bits per heavy atom. The van der Waals surface area contributed by atoms with E-state index in [1.165, 1.54) is 13.8 Å². The van der Waals surface area contributed by atoms with E-state index >= 15 is 0 Å². The Hall–Kier alpha value is -1.26. The molecule has 0 aliphatic heterocycles. The molecule has 108 valence electrons. The van der Waals surface area contributed by atoms with Crippen molar-refractivity contribution in [1.82, 2.24) is 0 Å². The molecule has 0 amide bonds. The first-order valence-electron chi connectivity index (χ1n) is 6.97. The number of rotatable bonds is 0.